The summed E-state index contributed by atoms with van der Waals surface area (Å²) in [5, 5.41) is 0. The molecule has 42 valence electrons. The first-order chi connectivity index (χ1) is 3.27. The smallest absolute Gasteiger partial charge is 0.198 e. The topological polar surface area (TPSA) is 0 Å². The van der Waals surface area contributed by atoms with Crippen molar-refractivity contribution in [2.24, 2.45) is 0 Å². The highest BCUT2D eigenvalue weighted by atomic mass is 32.2. The minimum absolute atomic E-state index is 0.331. The molecule has 3 heteroatoms. The maximum absolute atomic E-state index is 11.1. The fourth-order valence-corrected chi connectivity index (χ4v) is 0.422. The average molecular weight is 124 g/mol. The van der Waals surface area contributed by atoms with Gasteiger partial charge in [0, 0.05) is 5.75 Å². The van der Waals surface area contributed by atoms with Gasteiger partial charge in [0.15, 0.2) is 0 Å². The molecule has 0 radical (unpaired) electrons. The summed E-state index contributed by atoms with van der Waals surface area (Å²) in [6, 6.07) is 0. The van der Waals surface area contributed by atoms with Crippen molar-refractivity contribution in [3.8, 4) is 0 Å². The van der Waals surface area contributed by atoms with Gasteiger partial charge in [-0.1, -0.05) is 17.8 Å². The molecular weight excluding hydrogens is 118 g/mol. The fraction of sp³-hybridized carbons (Fsp3) is 0.500. The van der Waals surface area contributed by atoms with Crippen molar-refractivity contribution < 1.29 is 8.78 Å². The Kier molecular flexibility index (Phi) is 4.09. The molecule has 0 aliphatic rings. The van der Waals surface area contributed by atoms with Crippen molar-refractivity contribution in [2.45, 2.75) is 5.76 Å². The van der Waals surface area contributed by atoms with Crippen LogP contribution >= 0.6 is 11.8 Å². The van der Waals surface area contributed by atoms with Gasteiger partial charge in [-0.15, -0.1) is 6.58 Å². The lowest BCUT2D eigenvalue weighted by atomic mass is 10.8. The average Bonchev–Trinajstić information content (AvgIpc) is 1.61. The van der Waals surface area contributed by atoms with Gasteiger partial charge in [-0.3, -0.25) is 0 Å². The molecule has 0 spiro atoms. The Morgan fingerprint density at radius 3 is 2.43 bits per heavy atom. The number of hydrogen-bond acceptors (Lipinski definition) is 1. The third kappa shape index (κ3) is 5.95. The van der Waals surface area contributed by atoms with Crippen LogP contribution in [0, 0.1) is 0 Å². The van der Waals surface area contributed by atoms with Crippen LogP contribution in [0.5, 0.6) is 0 Å². The third-order valence-corrected chi connectivity index (χ3v) is 1.02. The van der Waals surface area contributed by atoms with Gasteiger partial charge in [0.2, 0.25) is 0 Å². The van der Waals surface area contributed by atoms with Gasteiger partial charge < -0.3 is 0 Å². The van der Waals surface area contributed by atoms with Gasteiger partial charge in [-0.05, 0) is 0 Å². The molecule has 0 saturated heterocycles. The zero-order valence-electron chi connectivity index (χ0n) is 3.73. The van der Waals surface area contributed by atoms with E-state index in [2.05, 4.69) is 6.58 Å². The van der Waals surface area contributed by atoms with Crippen LogP contribution in [-0.4, -0.2) is 11.5 Å². The Bertz CT molecular complexity index is 53.7. The molecule has 0 aromatic carbocycles. The number of rotatable bonds is 3. The van der Waals surface area contributed by atoms with Crippen LogP contribution < -0.4 is 0 Å². The van der Waals surface area contributed by atoms with Crippen LogP contribution in [0.1, 0.15) is 0 Å². The summed E-state index contributed by atoms with van der Waals surface area (Å²) >= 11 is 0.580. The summed E-state index contributed by atoms with van der Waals surface area (Å²) in [6.07, 6.45) is 1.46. The van der Waals surface area contributed by atoms with E-state index in [1.54, 1.807) is 0 Å². The lowest BCUT2D eigenvalue weighted by Crippen LogP contribution is -1.80. The predicted octanol–water partition coefficient (Wildman–Crippen LogP) is 2.13. The summed E-state index contributed by atoms with van der Waals surface area (Å²) < 4.78 is 22.3. The highest BCUT2D eigenvalue weighted by Gasteiger charge is 1.96. The van der Waals surface area contributed by atoms with Gasteiger partial charge in [0.1, 0.15) is 0 Å². The molecule has 0 aliphatic heterocycles. The Labute approximate surface area is 45.6 Å². The number of alkyl halides is 2. The van der Waals surface area contributed by atoms with Gasteiger partial charge in [-0.25, -0.2) is 0 Å². The maximum Gasteiger partial charge on any atom is 0.284 e. The zero-order chi connectivity index (χ0) is 5.70. The number of hydrogen-bond donors (Lipinski definition) is 0. The van der Waals surface area contributed by atoms with E-state index in [9.17, 15) is 8.78 Å². The first kappa shape index (κ1) is 6.95. The maximum atomic E-state index is 11.1. The highest BCUT2D eigenvalue weighted by Crippen LogP contribution is 2.11. The lowest BCUT2D eigenvalue weighted by Gasteiger charge is -1.89. The van der Waals surface area contributed by atoms with Crippen molar-refractivity contribution in [3.05, 3.63) is 12.7 Å². The predicted molar refractivity (Wildman–Crippen MR) is 28.7 cm³/mol. The van der Waals surface area contributed by atoms with E-state index >= 15 is 0 Å². The minimum Gasteiger partial charge on any atom is -0.198 e. The van der Waals surface area contributed by atoms with Crippen LogP contribution in [0.3, 0.4) is 0 Å². The molecule has 0 saturated carbocycles. The molecule has 0 aliphatic carbocycles. The van der Waals surface area contributed by atoms with Crippen LogP contribution in [0.4, 0.5) is 8.78 Å². The van der Waals surface area contributed by atoms with E-state index in [4.69, 9.17) is 0 Å². The van der Waals surface area contributed by atoms with Crippen LogP contribution in [0.2, 0.25) is 0 Å². The second kappa shape index (κ2) is 4.12. The first-order valence-electron chi connectivity index (χ1n) is 1.78. The van der Waals surface area contributed by atoms with Gasteiger partial charge in [-0.2, -0.15) is 8.78 Å². The third-order valence-electron chi connectivity index (χ3n) is 0.340. The van der Waals surface area contributed by atoms with Crippen molar-refractivity contribution in [3.63, 3.8) is 0 Å². The van der Waals surface area contributed by atoms with Crippen molar-refractivity contribution in [2.75, 3.05) is 5.75 Å². The van der Waals surface area contributed by atoms with Crippen LogP contribution in [0.25, 0.3) is 0 Å². The molecule has 0 aromatic rings. The Balaban J connectivity index is 2.81. The molecule has 0 bridgehead atoms. The highest BCUT2D eigenvalue weighted by molar-refractivity contribution is 7.99. The quantitative estimate of drug-likeness (QED) is 0.519. The number of halogens is 2. The summed E-state index contributed by atoms with van der Waals surface area (Å²) in [6.45, 7) is 3.28. The van der Waals surface area contributed by atoms with E-state index in [1.165, 1.54) is 6.08 Å². The molecule has 0 unspecified atom stereocenters. The van der Waals surface area contributed by atoms with Crippen LogP contribution in [0.15, 0.2) is 12.7 Å². The molecular formula is C4H6F2S. The number of thioether (sulfide) groups is 1. The second-order valence-corrected chi connectivity index (χ2v) is 1.91. The van der Waals surface area contributed by atoms with Crippen molar-refractivity contribution >= 4 is 11.8 Å². The summed E-state index contributed by atoms with van der Waals surface area (Å²) in [5.41, 5.74) is 0. The van der Waals surface area contributed by atoms with E-state index in [0.29, 0.717) is 17.5 Å². The Morgan fingerprint density at radius 1 is 1.71 bits per heavy atom. The summed E-state index contributed by atoms with van der Waals surface area (Å²) in [4.78, 5) is 0. The molecule has 0 fully saturated rings. The molecule has 0 nitrogen and oxygen atoms in total. The zero-order valence-corrected chi connectivity index (χ0v) is 4.55. The molecule has 0 atom stereocenters. The SMILES string of the molecule is C=CCSC(F)F. The second-order valence-electron chi connectivity index (χ2n) is 0.883. The molecule has 0 rings (SSSR count). The minimum atomic E-state index is -2.25. The molecule has 0 heterocycles. The van der Waals surface area contributed by atoms with Crippen LogP contribution in [-0.2, 0) is 0 Å². The normalized spacial score (nSPS) is 9.57. The molecule has 0 N–H and O–H groups in total. The van der Waals surface area contributed by atoms with Crippen molar-refractivity contribution in [1.29, 1.82) is 0 Å². The summed E-state index contributed by atoms with van der Waals surface area (Å²) in [7, 11) is 0. The van der Waals surface area contributed by atoms with E-state index in [-0.39, 0.29) is 0 Å². The Morgan fingerprint density at radius 2 is 2.29 bits per heavy atom. The Hall–Kier alpha value is -0.0500. The first-order valence-corrected chi connectivity index (χ1v) is 2.83. The molecule has 7 heavy (non-hydrogen) atoms. The van der Waals surface area contributed by atoms with E-state index in [0.717, 1.165) is 0 Å². The standard InChI is InChI=1S/C4H6F2S/c1-2-3-7-4(5)6/h2,4H,1,3H2. The van der Waals surface area contributed by atoms with Gasteiger partial charge in [0.25, 0.3) is 5.76 Å². The van der Waals surface area contributed by atoms with Crippen molar-refractivity contribution in [1.82, 2.24) is 0 Å². The molecule has 0 aromatic heterocycles. The van der Waals surface area contributed by atoms with E-state index in [1.807, 2.05) is 0 Å². The monoisotopic (exact) mass is 124 g/mol. The van der Waals surface area contributed by atoms with E-state index < -0.39 is 5.76 Å². The van der Waals surface area contributed by atoms with Gasteiger partial charge in [0.05, 0.1) is 0 Å². The largest absolute Gasteiger partial charge is 0.284 e. The summed E-state index contributed by atoms with van der Waals surface area (Å²) in [5.74, 6) is -1.92. The lowest BCUT2D eigenvalue weighted by molar-refractivity contribution is 0.252. The fourth-order valence-electron chi connectivity index (χ4n) is 0.141. The molecule has 0 amide bonds. The van der Waals surface area contributed by atoms with Gasteiger partial charge >= 0.3 is 0 Å².